The molecule has 29 heavy (non-hydrogen) atoms. The number of nitrogens with two attached hydrogens (primary N) is 1. The van der Waals surface area contributed by atoms with Gasteiger partial charge in [0, 0.05) is 24.2 Å². The van der Waals surface area contributed by atoms with Crippen LogP contribution in [0.2, 0.25) is 0 Å². The number of anilines is 1. The van der Waals surface area contributed by atoms with Gasteiger partial charge < -0.3 is 25.8 Å². The van der Waals surface area contributed by atoms with Gasteiger partial charge in [-0.3, -0.25) is 4.79 Å². The Hall–Kier alpha value is -3.18. The lowest BCUT2D eigenvalue weighted by Crippen LogP contribution is -2.22. The molecule has 1 fully saturated rings. The molecule has 1 saturated heterocycles. The van der Waals surface area contributed by atoms with E-state index in [-0.39, 0.29) is 12.1 Å². The lowest BCUT2D eigenvalue weighted by Gasteiger charge is -2.17. The highest BCUT2D eigenvalue weighted by Crippen LogP contribution is 2.27. The Labute approximate surface area is 170 Å². The number of nitrogens with zero attached hydrogens (tertiary/aromatic N) is 2. The predicted octanol–water partition coefficient (Wildman–Crippen LogP) is 1.75. The van der Waals surface area contributed by atoms with Crippen LogP contribution in [-0.2, 0) is 0 Å². The van der Waals surface area contributed by atoms with E-state index in [1.807, 2.05) is 18.5 Å². The van der Waals surface area contributed by atoms with Gasteiger partial charge in [0.1, 0.15) is 22.9 Å². The molecule has 1 aliphatic rings. The molecule has 3 rings (SSSR count). The summed E-state index contributed by atoms with van der Waals surface area (Å²) in [4.78, 5) is 12.3. The van der Waals surface area contributed by atoms with Gasteiger partial charge in [0.05, 0.1) is 20.3 Å². The van der Waals surface area contributed by atoms with Crippen molar-refractivity contribution in [2.75, 3.05) is 32.6 Å². The topological polar surface area (TPSA) is 103 Å². The number of methoxy groups -OCH3 is 2. The smallest absolute Gasteiger partial charge is 0.255 e. The van der Waals surface area contributed by atoms with E-state index < -0.39 is 5.91 Å². The Morgan fingerprint density at radius 2 is 1.97 bits per heavy atom. The van der Waals surface area contributed by atoms with Crippen molar-refractivity contribution < 1.29 is 14.3 Å². The Morgan fingerprint density at radius 3 is 2.48 bits per heavy atom. The number of hydrogen-bond acceptors (Lipinski definition) is 6. The first-order valence-electron chi connectivity index (χ1n) is 9.57. The van der Waals surface area contributed by atoms with Gasteiger partial charge in [-0.2, -0.15) is 5.10 Å². The van der Waals surface area contributed by atoms with Crippen molar-refractivity contribution in [3.63, 3.8) is 0 Å². The third kappa shape index (κ3) is 4.63. The molecular weight excluding hydrogens is 370 g/mol. The minimum Gasteiger partial charge on any atom is -0.497 e. The van der Waals surface area contributed by atoms with Crippen molar-refractivity contribution in [2.45, 2.75) is 32.4 Å². The maximum Gasteiger partial charge on any atom is 0.255 e. The third-order valence-corrected chi connectivity index (χ3v) is 4.64. The van der Waals surface area contributed by atoms with Crippen LogP contribution in [0.1, 0.15) is 47.9 Å². The molecule has 4 N–H and O–H groups in total. The molecule has 8 heteroatoms. The van der Waals surface area contributed by atoms with E-state index in [9.17, 15) is 4.79 Å². The highest BCUT2D eigenvalue weighted by molar-refractivity contribution is 6.00. The second-order valence-electron chi connectivity index (χ2n) is 7.18. The molecule has 0 aliphatic carbocycles. The molecule has 1 aliphatic heterocycles. The average Bonchev–Trinajstić information content (AvgIpc) is 3.33. The summed E-state index contributed by atoms with van der Waals surface area (Å²) in [5.74, 6) is 7.40. The van der Waals surface area contributed by atoms with E-state index in [2.05, 4.69) is 27.6 Å². The molecule has 0 radical (unpaired) electrons. The van der Waals surface area contributed by atoms with Crippen molar-refractivity contribution in [3.8, 4) is 23.3 Å². The van der Waals surface area contributed by atoms with Crippen LogP contribution in [0.5, 0.6) is 11.5 Å². The van der Waals surface area contributed by atoms with Gasteiger partial charge in [-0.25, -0.2) is 4.68 Å². The van der Waals surface area contributed by atoms with Crippen LogP contribution in [0.15, 0.2) is 18.2 Å². The van der Waals surface area contributed by atoms with Crippen molar-refractivity contribution in [3.05, 3.63) is 35.0 Å². The molecule has 1 aromatic carbocycles. The fraction of sp³-hybridized carbons (Fsp3) is 0.429. The standard InChI is InChI=1S/C21H27N5O3/c1-13(2)24-21-19(20(22)27)18(25-26(21)15-7-8-23-12-15)6-5-14-9-16(28-3)11-17(10-14)29-4/h9-11,13,15,23-24H,7-8,12H2,1-4H3,(H2,22,27)/t15-/m0/s1. The number of hydrogen-bond donors (Lipinski definition) is 3. The first-order valence-corrected chi connectivity index (χ1v) is 9.57. The molecule has 1 amide bonds. The number of aromatic nitrogens is 2. The van der Waals surface area contributed by atoms with Crippen LogP contribution in [0.4, 0.5) is 5.82 Å². The van der Waals surface area contributed by atoms with Crippen LogP contribution in [0, 0.1) is 11.8 Å². The lowest BCUT2D eigenvalue weighted by atomic mass is 10.1. The second kappa shape index (κ2) is 8.88. The number of carbonyl (C=O) groups is 1. The van der Waals surface area contributed by atoms with Crippen LogP contribution < -0.4 is 25.8 Å². The molecule has 154 valence electrons. The van der Waals surface area contributed by atoms with Crippen molar-refractivity contribution in [1.29, 1.82) is 0 Å². The van der Waals surface area contributed by atoms with Crippen LogP contribution in [-0.4, -0.2) is 49.0 Å². The number of amides is 1. The van der Waals surface area contributed by atoms with E-state index in [4.69, 9.17) is 15.2 Å². The highest BCUT2D eigenvalue weighted by atomic mass is 16.5. The largest absolute Gasteiger partial charge is 0.497 e. The van der Waals surface area contributed by atoms with Gasteiger partial charge in [-0.1, -0.05) is 5.92 Å². The quantitative estimate of drug-likeness (QED) is 0.642. The van der Waals surface area contributed by atoms with E-state index in [0.29, 0.717) is 34.1 Å². The number of benzene rings is 1. The van der Waals surface area contributed by atoms with Gasteiger partial charge in [-0.15, -0.1) is 0 Å². The molecule has 0 bridgehead atoms. The van der Waals surface area contributed by atoms with Crippen molar-refractivity contribution in [2.24, 2.45) is 5.73 Å². The SMILES string of the molecule is COc1cc(C#Cc2nn([C@H]3CCNC3)c(NC(C)C)c2C(N)=O)cc(OC)c1. The Morgan fingerprint density at radius 1 is 1.28 bits per heavy atom. The van der Waals surface area contributed by atoms with Gasteiger partial charge in [0.2, 0.25) is 0 Å². The first-order chi connectivity index (χ1) is 13.9. The summed E-state index contributed by atoms with van der Waals surface area (Å²) in [5.41, 5.74) is 7.06. The summed E-state index contributed by atoms with van der Waals surface area (Å²) in [6.45, 7) is 5.69. The number of carbonyl (C=O) groups excluding carboxylic acids is 1. The number of ether oxygens (including phenoxy) is 2. The fourth-order valence-corrected chi connectivity index (χ4v) is 3.29. The van der Waals surface area contributed by atoms with Crippen LogP contribution >= 0.6 is 0 Å². The minimum absolute atomic E-state index is 0.112. The van der Waals surface area contributed by atoms with Gasteiger partial charge in [0.15, 0.2) is 5.69 Å². The molecule has 0 saturated carbocycles. The number of primary amides is 1. The zero-order valence-electron chi connectivity index (χ0n) is 17.2. The summed E-state index contributed by atoms with van der Waals surface area (Å²) in [5, 5.41) is 11.3. The molecule has 2 heterocycles. The minimum atomic E-state index is -0.558. The normalized spacial score (nSPS) is 15.7. The predicted molar refractivity (Wildman–Crippen MR) is 112 cm³/mol. The Kier molecular flexibility index (Phi) is 6.29. The van der Waals surface area contributed by atoms with Crippen molar-refractivity contribution in [1.82, 2.24) is 15.1 Å². The van der Waals surface area contributed by atoms with E-state index in [1.165, 1.54) is 0 Å². The Bertz CT molecular complexity index is 927. The molecule has 1 atom stereocenters. The zero-order chi connectivity index (χ0) is 21.0. The molecule has 8 nitrogen and oxygen atoms in total. The van der Waals surface area contributed by atoms with Gasteiger partial charge in [-0.05, 0) is 44.9 Å². The van der Waals surface area contributed by atoms with E-state index in [1.54, 1.807) is 32.4 Å². The average molecular weight is 397 g/mol. The van der Waals surface area contributed by atoms with Gasteiger partial charge >= 0.3 is 0 Å². The van der Waals surface area contributed by atoms with Crippen LogP contribution in [0.25, 0.3) is 0 Å². The summed E-state index contributed by atoms with van der Waals surface area (Å²) < 4.78 is 12.4. The third-order valence-electron chi connectivity index (χ3n) is 4.64. The lowest BCUT2D eigenvalue weighted by molar-refractivity contribution is 0.100. The molecular formula is C21H27N5O3. The van der Waals surface area contributed by atoms with E-state index >= 15 is 0 Å². The highest BCUT2D eigenvalue weighted by Gasteiger charge is 2.27. The molecule has 1 aromatic heterocycles. The molecule has 2 aromatic rings. The van der Waals surface area contributed by atoms with E-state index in [0.717, 1.165) is 19.5 Å². The Balaban J connectivity index is 2.08. The van der Waals surface area contributed by atoms with Crippen LogP contribution in [0.3, 0.4) is 0 Å². The summed E-state index contributed by atoms with van der Waals surface area (Å²) in [7, 11) is 3.16. The number of rotatable bonds is 6. The zero-order valence-corrected chi connectivity index (χ0v) is 17.2. The fourth-order valence-electron chi connectivity index (χ4n) is 3.29. The maximum atomic E-state index is 12.3. The van der Waals surface area contributed by atoms with Gasteiger partial charge in [0.25, 0.3) is 5.91 Å². The summed E-state index contributed by atoms with van der Waals surface area (Å²) in [6, 6.07) is 5.62. The first kappa shape index (κ1) is 20.6. The monoisotopic (exact) mass is 397 g/mol. The maximum absolute atomic E-state index is 12.3. The van der Waals surface area contributed by atoms with Crippen molar-refractivity contribution >= 4 is 11.7 Å². The number of nitrogens with one attached hydrogen (secondary N) is 2. The second-order valence-corrected chi connectivity index (χ2v) is 7.18. The molecule has 0 spiro atoms. The summed E-state index contributed by atoms with van der Waals surface area (Å²) in [6.07, 6.45) is 0.923. The molecule has 0 unspecified atom stereocenters. The summed E-state index contributed by atoms with van der Waals surface area (Å²) >= 11 is 0.